The molecule has 2 aromatic rings. The summed E-state index contributed by atoms with van der Waals surface area (Å²) in [4.78, 5) is 19.3. The fourth-order valence-electron chi connectivity index (χ4n) is 3.47. The van der Waals surface area contributed by atoms with Gasteiger partial charge in [-0.05, 0) is 42.5 Å². The first-order valence-corrected chi connectivity index (χ1v) is 8.61. The SMILES string of the molecule is CC[C@H](CO)N(Cc1ccccn1)C(=O)C1Cc2ccccc2C1. The van der Waals surface area contributed by atoms with Gasteiger partial charge in [0, 0.05) is 12.1 Å². The van der Waals surface area contributed by atoms with Gasteiger partial charge in [0.1, 0.15) is 0 Å². The van der Waals surface area contributed by atoms with Gasteiger partial charge in [-0.25, -0.2) is 0 Å². The van der Waals surface area contributed by atoms with E-state index >= 15 is 0 Å². The maximum absolute atomic E-state index is 13.2. The number of aliphatic hydroxyl groups is 1. The van der Waals surface area contributed by atoms with Crippen molar-refractivity contribution in [2.24, 2.45) is 5.92 Å². The van der Waals surface area contributed by atoms with Crippen molar-refractivity contribution in [1.29, 1.82) is 0 Å². The number of fused-ring (bicyclic) bond motifs is 1. The van der Waals surface area contributed by atoms with Crippen LogP contribution in [0.1, 0.15) is 30.2 Å². The fraction of sp³-hybridized carbons (Fsp3) is 0.400. The fourth-order valence-corrected chi connectivity index (χ4v) is 3.47. The van der Waals surface area contributed by atoms with E-state index in [9.17, 15) is 9.90 Å². The summed E-state index contributed by atoms with van der Waals surface area (Å²) in [5, 5.41) is 9.73. The van der Waals surface area contributed by atoms with Crippen LogP contribution in [0, 0.1) is 5.92 Å². The number of amides is 1. The smallest absolute Gasteiger partial charge is 0.227 e. The Labute approximate surface area is 143 Å². The normalized spacial score (nSPS) is 15.1. The number of carbonyl (C=O) groups excluding carboxylic acids is 1. The van der Waals surface area contributed by atoms with Crippen molar-refractivity contribution in [2.75, 3.05) is 6.61 Å². The largest absolute Gasteiger partial charge is 0.394 e. The highest BCUT2D eigenvalue weighted by Gasteiger charge is 2.33. The molecule has 0 aliphatic heterocycles. The second-order valence-electron chi connectivity index (χ2n) is 6.41. The summed E-state index contributed by atoms with van der Waals surface area (Å²) < 4.78 is 0. The molecular formula is C20H24N2O2. The van der Waals surface area contributed by atoms with Crippen molar-refractivity contribution in [1.82, 2.24) is 9.88 Å². The van der Waals surface area contributed by atoms with Crippen LogP contribution >= 0.6 is 0 Å². The van der Waals surface area contributed by atoms with Gasteiger partial charge in [-0.3, -0.25) is 9.78 Å². The molecule has 0 radical (unpaired) electrons. The molecule has 1 heterocycles. The van der Waals surface area contributed by atoms with Crippen LogP contribution in [0.3, 0.4) is 0 Å². The van der Waals surface area contributed by atoms with Gasteiger partial charge in [-0.1, -0.05) is 37.3 Å². The maximum atomic E-state index is 13.2. The Morgan fingerprint density at radius 1 is 1.21 bits per heavy atom. The summed E-state index contributed by atoms with van der Waals surface area (Å²) in [6, 6.07) is 13.8. The van der Waals surface area contributed by atoms with Crippen LogP contribution < -0.4 is 0 Å². The van der Waals surface area contributed by atoms with E-state index in [2.05, 4.69) is 17.1 Å². The highest BCUT2D eigenvalue weighted by atomic mass is 16.3. The Balaban J connectivity index is 1.79. The molecule has 24 heavy (non-hydrogen) atoms. The molecule has 4 nitrogen and oxygen atoms in total. The van der Waals surface area contributed by atoms with Gasteiger partial charge in [0.15, 0.2) is 0 Å². The average Bonchev–Trinajstić information content (AvgIpc) is 3.06. The molecule has 1 aliphatic carbocycles. The van der Waals surface area contributed by atoms with Crippen LogP contribution in [0.2, 0.25) is 0 Å². The number of nitrogens with zero attached hydrogens (tertiary/aromatic N) is 2. The molecule has 1 amide bonds. The van der Waals surface area contributed by atoms with Crippen LogP contribution in [-0.4, -0.2) is 33.5 Å². The van der Waals surface area contributed by atoms with Gasteiger partial charge in [-0.2, -0.15) is 0 Å². The van der Waals surface area contributed by atoms with Crippen molar-refractivity contribution in [3.63, 3.8) is 0 Å². The highest BCUT2D eigenvalue weighted by molar-refractivity contribution is 5.80. The lowest BCUT2D eigenvalue weighted by atomic mass is 10.0. The molecular weight excluding hydrogens is 300 g/mol. The van der Waals surface area contributed by atoms with Crippen molar-refractivity contribution < 1.29 is 9.90 Å². The molecule has 0 unspecified atom stereocenters. The van der Waals surface area contributed by atoms with E-state index in [0.717, 1.165) is 25.0 Å². The van der Waals surface area contributed by atoms with Crippen molar-refractivity contribution in [2.45, 2.75) is 38.8 Å². The zero-order valence-corrected chi connectivity index (χ0v) is 14.1. The number of benzene rings is 1. The first-order chi connectivity index (χ1) is 11.7. The molecule has 3 rings (SSSR count). The number of aliphatic hydroxyl groups excluding tert-OH is 1. The molecule has 1 aromatic carbocycles. The van der Waals surface area contributed by atoms with Crippen molar-refractivity contribution in [3.8, 4) is 0 Å². The summed E-state index contributed by atoms with van der Waals surface area (Å²) in [6.45, 7) is 2.43. The first kappa shape index (κ1) is 16.7. The Bertz CT molecular complexity index is 658. The number of hydrogen-bond acceptors (Lipinski definition) is 3. The molecule has 1 aromatic heterocycles. The molecule has 1 N–H and O–H groups in total. The van der Waals surface area contributed by atoms with Crippen LogP contribution in [0.25, 0.3) is 0 Å². The Morgan fingerprint density at radius 3 is 2.42 bits per heavy atom. The third-order valence-corrected chi connectivity index (χ3v) is 4.86. The summed E-state index contributed by atoms with van der Waals surface area (Å²) in [5.74, 6) is 0.0875. The molecule has 1 aliphatic rings. The van der Waals surface area contributed by atoms with E-state index in [-0.39, 0.29) is 24.5 Å². The lowest BCUT2D eigenvalue weighted by molar-refractivity contribution is -0.139. The summed E-state index contributed by atoms with van der Waals surface area (Å²) >= 11 is 0. The summed E-state index contributed by atoms with van der Waals surface area (Å²) in [7, 11) is 0. The second-order valence-corrected chi connectivity index (χ2v) is 6.41. The minimum Gasteiger partial charge on any atom is -0.394 e. The van der Waals surface area contributed by atoms with Crippen LogP contribution in [0.5, 0.6) is 0 Å². The molecule has 0 spiro atoms. The summed E-state index contributed by atoms with van der Waals surface area (Å²) in [6.07, 6.45) is 4.04. The second kappa shape index (κ2) is 7.58. The van der Waals surface area contributed by atoms with Gasteiger partial charge in [0.25, 0.3) is 0 Å². The van der Waals surface area contributed by atoms with Crippen LogP contribution in [0.4, 0.5) is 0 Å². The van der Waals surface area contributed by atoms with E-state index < -0.39 is 0 Å². The predicted molar refractivity (Wildman–Crippen MR) is 93.3 cm³/mol. The maximum Gasteiger partial charge on any atom is 0.227 e. The standard InChI is InChI=1S/C20H24N2O2/c1-2-19(14-23)22(13-18-9-5-6-10-21-18)20(24)17-11-15-7-3-4-8-16(15)12-17/h3-10,17,19,23H,2,11-14H2,1H3/t19-/m1/s1. The Kier molecular flexibility index (Phi) is 5.26. The lowest BCUT2D eigenvalue weighted by Crippen LogP contribution is -2.45. The summed E-state index contributed by atoms with van der Waals surface area (Å²) in [5.41, 5.74) is 3.39. The zero-order chi connectivity index (χ0) is 16.9. The molecule has 0 saturated heterocycles. The lowest BCUT2D eigenvalue weighted by Gasteiger charge is -2.32. The van der Waals surface area contributed by atoms with Gasteiger partial charge >= 0.3 is 0 Å². The third kappa shape index (κ3) is 3.49. The first-order valence-electron chi connectivity index (χ1n) is 8.61. The van der Waals surface area contributed by atoms with Gasteiger partial charge in [0.2, 0.25) is 5.91 Å². The quantitative estimate of drug-likeness (QED) is 0.888. The van der Waals surface area contributed by atoms with Gasteiger partial charge in [0.05, 0.1) is 24.9 Å². The van der Waals surface area contributed by atoms with Crippen molar-refractivity contribution >= 4 is 5.91 Å². The number of rotatable bonds is 6. The van der Waals surface area contributed by atoms with E-state index in [1.165, 1.54) is 11.1 Å². The van der Waals surface area contributed by atoms with E-state index in [0.29, 0.717) is 6.54 Å². The number of aromatic nitrogens is 1. The number of pyridine rings is 1. The topological polar surface area (TPSA) is 53.4 Å². The molecule has 126 valence electrons. The molecule has 1 atom stereocenters. The zero-order valence-electron chi connectivity index (χ0n) is 14.1. The Hall–Kier alpha value is -2.20. The van der Waals surface area contributed by atoms with Gasteiger partial charge < -0.3 is 10.0 Å². The molecule has 0 fully saturated rings. The van der Waals surface area contributed by atoms with Crippen LogP contribution in [0.15, 0.2) is 48.7 Å². The monoisotopic (exact) mass is 324 g/mol. The predicted octanol–water partition coefficient (Wildman–Crippen LogP) is 2.60. The molecule has 0 saturated carbocycles. The number of carbonyl (C=O) groups is 1. The minimum atomic E-state index is -0.164. The Morgan fingerprint density at radius 2 is 1.88 bits per heavy atom. The molecule has 0 bridgehead atoms. The van der Waals surface area contributed by atoms with Crippen molar-refractivity contribution in [3.05, 3.63) is 65.5 Å². The van der Waals surface area contributed by atoms with Gasteiger partial charge in [-0.15, -0.1) is 0 Å². The molecule has 4 heteroatoms. The highest BCUT2D eigenvalue weighted by Crippen LogP contribution is 2.29. The third-order valence-electron chi connectivity index (χ3n) is 4.86. The van der Waals surface area contributed by atoms with E-state index in [1.54, 1.807) is 6.20 Å². The average molecular weight is 324 g/mol. The minimum absolute atomic E-state index is 0.0191. The number of hydrogen-bond donors (Lipinski definition) is 1. The van der Waals surface area contributed by atoms with E-state index in [4.69, 9.17) is 0 Å². The van der Waals surface area contributed by atoms with E-state index in [1.807, 2.05) is 42.2 Å². The van der Waals surface area contributed by atoms with Crippen LogP contribution in [-0.2, 0) is 24.2 Å².